The summed E-state index contributed by atoms with van der Waals surface area (Å²) in [4.78, 5) is 0. The average molecular weight is 215 g/mol. The molecule has 0 saturated heterocycles. The molecule has 0 saturated carbocycles. The molecule has 0 atom stereocenters. The fourth-order valence-electron chi connectivity index (χ4n) is 1.47. The standard InChI is InChI=1S/C13H13NS/c1-2-3-4-8-14-12-5-6-13-11(10-12)7-9-15-13/h5-7,9-10,14H,4,8H2,1H3. The van der Waals surface area contributed by atoms with Crippen LogP contribution in [0.4, 0.5) is 5.69 Å². The second-order valence-corrected chi connectivity index (χ2v) is 4.22. The van der Waals surface area contributed by atoms with Crippen LogP contribution in [0.3, 0.4) is 0 Å². The molecule has 0 radical (unpaired) electrons. The molecule has 0 aliphatic rings. The molecular weight excluding hydrogens is 202 g/mol. The van der Waals surface area contributed by atoms with Gasteiger partial charge >= 0.3 is 0 Å². The van der Waals surface area contributed by atoms with Gasteiger partial charge in [0.25, 0.3) is 0 Å². The number of anilines is 1. The molecule has 0 fully saturated rings. The van der Waals surface area contributed by atoms with Crippen LogP contribution in [-0.4, -0.2) is 6.54 Å². The Morgan fingerprint density at radius 1 is 1.33 bits per heavy atom. The molecule has 1 aromatic heterocycles. The fraction of sp³-hybridized carbons (Fsp3) is 0.231. The van der Waals surface area contributed by atoms with Crippen molar-refractivity contribution in [3.05, 3.63) is 29.6 Å². The first-order valence-corrected chi connectivity index (χ1v) is 5.89. The van der Waals surface area contributed by atoms with Crippen molar-refractivity contribution in [3.8, 4) is 11.8 Å². The number of fused-ring (bicyclic) bond motifs is 1. The summed E-state index contributed by atoms with van der Waals surface area (Å²) >= 11 is 1.78. The lowest BCUT2D eigenvalue weighted by molar-refractivity contribution is 1.10. The van der Waals surface area contributed by atoms with Crippen LogP contribution in [0.1, 0.15) is 13.3 Å². The summed E-state index contributed by atoms with van der Waals surface area (Å²) in [6.45, 7) is 2.79. The lowest BCUT2D eigenvalue weighted by Gasteiger charge is -2.03. The topological polar surface area (TPSA) is 12.0 Å². The summed E-state index contributed by atoms with van der Waals surface area (Å²) in [6.07, 6.45) is 0.901. The number of hydrogen-bond donors (Lipinski definition) is 1. The second-order valence-electron chi connectivity index (χ2n) is 3.28. The minimum Gasteiger partial charge on any atom is -0.384 e. The van der Waals surface area contributed by atoms with Gasteiger partial charge < -0.3 is 5.32 Å². The van der Waals surface area contributed by atoms with Crippen molar-refractivity contribution in [2.45, 2.75) is 13.3 Å². The average Bonchev–Trinajstić information content (AvgIpc) is 2.71. The van der Waals surface area contributed by atoms with Crippen LogP contribution in [0.5, 0.6) is 0 Å². The van der Waals surface area contributed by atoms with Gasteiger partial charge in [0.1, 0.15) is 0 Å². The molecule has 0 amide bonds. The Hall–Kier alpha value is -1.46. The molecular formula is C13H13NS. The van der Waals surface area contributed by atoms with E-state index in [4.69, 9.17) is 0 Å². The first kappa shape index (κ1) is 10.1. The number of hydrogen-bond acceptors (Lipinski definition) is 2. The Morgan fingerprint density at radius 2 is 2.27 bits per heavy atom. The molecule has 1 aromatic carbocycles. The zero-order valence-corrected chi connectivity index (χ0v) is 9.53. The van der Waals surface area contributed by atoms with Gasteiger partial charge in [-0.25, -0.2) is 0 Å². The third-order valence-electron chi connectivity index (χ3n) is 2.21. The molecule has 1 heterocycles. The fourth-order valence-corrected chi connectivity index (χ4v) is 2.24. The van der Waals surface area contributed by atoms with Crippen molar-refractivity contribution < 1.29 is 0 Å². The molecule has 0 bridgehead atoms. The zero-order chi connectivity index (χ0) is 10.5. The van der Waals surface area contributed by atoms with Gasteiger partial charge in [0.2, 0.25) is 0 Å². The largest absolute Gasteiger partial charge is 0.384 e. The zero-order valence-electron chi connectivity index (χ0n) is 8.71. The highest BCUT2D eigenvalue weighted by atomic mass is 32.1. The predicted molar refractivity (Wildman–Crippen MR) is 68.4 cm³/mol. The van der Waals surface area contributed by atoms with Gasteiger partial charge in [-0.05, 0) is 42.0 Å². The van der Waals surface area contributed by atoms with Crippen LogP contribution < -0.4 is 5.32 Å². The van der Waals surface area contributed by atoms with Gasteiger partial charge in [-0.2, -0.15) is 0 Å². The van der Waals surface area contributed by atoms with E-state index in [0.29, 0.717) is 0 Å². The molecule has 15 heavy (non-hydrogen) atoms. The highest BCUT2D eigenvalue weighted by Gasteiger charge is 1.96. The van der Waals surface area contributed by atoms with Gasteiger partial charge in [0.05, 0.1) is 0 Å². The maximum Gasteiger partial charge on any atom is 0.0347 e. The van der Waals surface area contributed by atoms with E-state index in [2.05, 4.69) is 46.8 Å². The third-order valence-corrected chi connectivity index (χ3v) is 3.11. The molecule has 2 aromatic rings. The van der Waals surface area contributed by atoms with E-state index in [0.717, 1.165) is 13.0 Å². The van der Waals surface area contributed by atoms with Crippen LogP contribution >= 0.6 is 11.3 Å². The molecule has 0 unspecified atom stereocenters. The summed E-state index contributed by atoms with van der Waals surface area (Å²) < 4.78 is 1.34. The van der Waals surface area contributed by atoms with Gasteiger partial charge in [-0.3, -0.25) is 0 Å². The van der Waals surface area contributed by atoms with E-state index in [9.17, 15) is 0 Å². The monoisotopic (exact) mass is 215 g/mol. The summed E-state index contributed by atoms with van der Waals surface area (Å²) in [5.74, 6) is 5.93. The smallest absolute Gasteiger partial charge is 0.0347 e. The van der Waals surface area contributed by atoms with Gasteiger partial charge in [-0.15, -0.1) is 23.2 Å². The van der Waals surface area contributed by atoms with E-state index in [1.54, 1.807) is 11.3 Å². The Kier molecular flexibility index (Phi) is 3.26. The van der Waals surface area contributed by atoms with Crippen molar-refractivity contribution in [2.75, 3.05) is 11.9 Å². The summed E-state index contributed by atoms with van der Waals surface area (Å²) in [7, 11) is 0. The first-order valence-electron chi connectivity index (χ1n) is 5.01. The van der Waals surface area contributed by atoms with Crippen molar-refractivity contribution in [2.24, 2.45) is 0 Å². The predicted octanol–water partition coefficient (Wildman–Crippen LogP) is 3.73. The Labute approximate surface area is 94.1 Å². The molecule has 0 aliphatic heterocycles. The van der Waals surface area contributed by atoms with Crippen LogP contribution in [-0.2, 0) is 0 Å². The van der Waals surface area contributed by atoms with Gasteiger partial charge in [-0.1, -0.05) is 0 Å². The van der Waals surface area contributed by atoms with E-state index < -0.39 is 0 Å². The second kappa shape index (κ2) is 4.86. The van der Waals surface area contributed by atoms with Crippen LogP contribution in [0.25, 0.3) is 10.1 Å². The van der Waals surface area contributed by atoms with Crippen molar-refractivity contribution in [3.63, 3.8) is 0 Å². The van der Waals surface area contributed by atoms with E-state index in [-0.39, 0.29) is 0 Å². The molecule has 2 heteroatoms. The highest BCUT2D eigenvalue weighted by molar-refractivity contribution is 7.17. The SMILES string of the molecule is CC#CCCNc1ccc2sccc2c1. The number of rotatable bonds is 3. The Bertz CT molecular complexity index is 502. The maximum absolute atomic E-state index is 3.36. The minimum atomic E-state index is 0.901. The Morgan fingerprint density at radius 3 is 3.13 bits per heavy atom. The summed E-state index contributed by atoms with van der Waals surface area (Å²) in [5.41, 5.74) is 1.18. The van der Waals surface area contributed by atoms with Crippen molar-refractivity contribution in [1.82, 2.24) is 0 Å². The minimum absolute atomic E-state index is 0.901. The number of nitrogens with one attached hydrogen (secondary N) is 1. The molecule has 76 valence electrons. The number of benzene rings is 1. The van der Waals surface area contributed by atoms with Gasteiger partial charge in [0, 0.05) is 23.4 Å². The van der Waals surface area contributed by atoms with E-state index in [1.165, 1.54) is 15.8 Å². The Balaban J connectivity index is 2.03. The highest BCUT2D eigenvalue weighted by Crippen LogP contribution is 2.23. The van der Waals surface area contributed by atoms with Crippen molar-refractivity contribution >= 4 is 27.1 Å². The lowest BCUT2D eigenvalue weighted by Crippen LogP contribution is -1.99. The van der Waals surface area contributed by atoms with Crippen LogP contribution in [0.2, 0.25) is 0 Å². The molecule has 0 aliphatic carbocycles. The quantitative estimate of drug-likeness (QED) is 0.607. The van der Waals surface area contributed by atoms with Crippen LogP contribution in [0.15, 0.2) is 29.6 Å². The normalized spacial score (nSPS) is 9.67. The van der Waals surface area contributed by atoms with Crippen molar-refractivity contribution in [1.29, 1.82) is 0 Å². The lowest BCUT2D eigenvalue weighted by atomic mass is 10.2. The van der Waals surface area contributed by atoms with Crippen LogP contribution in [0, 0.1) is 11.8 Å². The molecule has 1 nitrogen and oxygen atoms in total. The summed E-state index contributed by atoms with van der Waals surface area (Å²) in [6, 6.07) is 8.62. The van der Waals surface area contributed by atoms with E-state index >= 15 is 0 Å². The number of thiophene rings is 1. The van der Waals surface area contributed by atoms with Gasteiger partial charge in [0.15, 0.2) is 0 Å². The summed E-state index contributed by atoms with van der Waals surface area (Å²) in [5, 5.41) is 6.80. The molecule has 0 spiro atoms. The maximum atomic E-state index is 3.36. The third kappa shape index (κ3) is 2.51. The van der Waals surface area contributed by atoms with E-state index in [1.807, 2.05) is 6.92 Å². The molecule has 1 N–H and O–H groups in total. The molecule has 2 rings (SSSR count). The first-order chi connectivity index (χ1) is 7.40.